The van der Waals surface area contributed by atoms with Crippen molar-refractivity contribution in [3.8, 4) is 0 Å². The molecule has 17 heavy (non-hydrogen) atoms. The molecule has 0 amide bonds. The summed E-state index contributed by atoms with van der Waals surface area (Å²) >= 11 is 0. The number of hydrazine groups is 1. The van der Waals surface area contributed by atoms with Gasteiger partial charge in [0, 0.05) is 6.04 Å². The van der Waals surface area contributed by atoms with E-state index in [-0.39, 0.29) is 6.04 Å². The maximum atomic E-state index is 13.1. The molecule has 2 nitrogen and oxygen atoms in total. The first-order chi connectivity index (χ1) is 7.99. The van der Waals surface area contributed by atoms with Crippen LogP contribution in [-0.4, -0.2) is 0 Å². The van der Waals surface area contributed by atoms with Crippen LogP contribution in [0.25, 0.3) is 0 Å². The van der Waals surface area contributed by atoms with Crippen molar-refractivity contribution in [1.82, 2.24) is 5.43 Å². The summed E-state index contributed by atoms with van der Waals surface area (Å²) in [5.74, 6) is 1.88. The van der Waals surface area contributed by atoms with Crippen LogP contribution in [0.5, 0.6) is 0 Å². The number of rotatable bonds is 5. The van der Waals surface area contributed by atoms with Gasteiger partial charge < -0.3 is 0 Å². The third-order valence-electron chi connectivity index (χ3n) is 2.94. The van der Waals surface area contributed by atoms with Crippen LogP contribution in [0.15, 0.2) is 12.1 Å². The van der Waals surface area contributed by atoms with Gasteiger partial charge in [-0.25, -0.2) is 13.2 Å². The fourth-order valence-corrected chi connectivity index (χ4v) is 1.65. The van der Waals surface area contributed by atoms with E-state index < -0.39 is 17.5 Å². The minimum Gasteiger partial charge on any atom is -0.271 e. The maximum absolute atomic E-state index is 13.1. The van der Waals surface area contributed by atoms with Gasteiger partial charge in [0.1, 0.15) is 0 Å². The van der Waals surface area contributed by atoms with Crippen molar-refractivity contribution in [2.45, 2.75) is 32.7 Å². The van der Waals surface area contributed by atoms with Crippen molar-refractivity contribution in [2.75, 3.05) is 0 Å². The van der Waals surface area contributed by atoms with Crippen molar-refractivity contribution in [3.05, 3.63) is 35.1 Å². The molecular weight excluding hydrogens is 229 g/mol. The van der Waals surface area contributed by atoms with Gasteiger partial charge in [-0.15, -0.1) is 0 Å². The first-order valence-corrected chi connectivity index (χ1v) is 5.60. The zero-order valence-electron chi connectivity index (χ0n) is 9.93. The molecule has 0 aliphatic carbocycles. The zero-order valence-corrected chi connectivity index (χ0v) is 9.93. The Hall–Kier alpha value is -1.07. The van der Waals surface area contributed by atoms with Crippen molar-refractivity contribution in [1.29, 1.82) is 0 Å². The molecule has 0 aromatic heterocycles. The van der Waals surface area contributed by atoms with E-state index in [4.69, 9.17) is 5.84 Å². The van der Waals surface area contributed by atoms with Gasteiger partial charge in [0.05, 0.1) is 0 Å². The average Bonchev–Trinajstić information content (AvgIpc) is 2.31. The van der Waals surface area contributed by atoms with Crippen molar-refractivity contribution < 1.29 is 13.2 Å². The van der Waals surface area contributed by atoms with Crippen LogP contribution >= 0.6 is 0 Å². The van der Waals surface area contributed by atoms with Gasteiger partial charge in [0.25, 0.3) is 0 Å². The van der Waals surface area contributed by atoms with Gasteiger partial charge in [-0.3, -0.25) is 11.3 Å². The molecule has 2 unspecified atom stereocenters. The molecule has 0 saturated heterocycles. The summed E-state index contributed by atoms with van der Waals surface area (Å²) in [6.07, 6.45) is 1.57. The van der Waals surface area contributed by atoms with Gasteiger partial charge in [-0.2, -0.15) is 0 Å². The Labute approximate surface area is 99.0 Å². The fraction of sp³-hybridized carbons (Fsp3) is 0.500. The smallest absolute Gasteiger partial charge is 0.194 e. The predicted octanol–water partition coefficient (Wildman–Crippen LogP) is 3.04. The van der Waals surface area contributed by atoms with Crippen LogP contribution in [-0.2, 0) is 0 Å². The molecule has 5 heteroatoms. The molecule has 1 aromatic carbocycles. The number of benzene rings is 1. The zero-order chi connectivity index (χ0) is 13.0. The summed E-state index contributed by atoms with van der Waals surface area (Å²) in [5.41, 5.74) is 2.83. The predicted molar refractivity (Wildman–Crippen MR) is 60.5 cm³/mol. The van der Waals surface area contributed by atoms with Gasteiger partial charge in [0.2, 0.25) is 0 Å². The van der Waals surface area contributed by atoms with E-state index in [1.165, 1.54) is 0 Å². The first kappa shape index (κ1) is 14.0. The van der Waals surface area contributed by atoms with Gasteiger partial charge in [-0.1, -0.05) is 20.3 Å². The highest BCUT2D eigenvalue weighted by atomic mass is 19.2. The lowest BCUT2D eigenvalue weighted by Crippen LogP contribution is -2.29. The van der Waals surface area contributed by atoms with E-state index in [9.17, 15) is 13.2 Å². The van der Waals surface area contributed by atoms with Crippen LogP contribution in [0.2, 0.25) is 0 Å². The molecule has 0 aliphatic rings. The molecule has 3 N–H and O–H groups in total. The van der Waals surface area contributed by atoms with Crippen LogP contribution < -0.4 is 11.3 Å². The topological polar surface area (TPSA) is 38.0 Å². The normalized spacial score (nSPS) is 14.7. The second-order valence-electron chi connectivity index (χ2n) is 4.27. The number of halogens is 3. The highest BCUT2D eigenvalue weighted by Gasteiger charge is 2.18. The molecule has 2 atom stereocenters. The van der Waals surface area contributed by atoms with E-state index in [1.54, 1.807) is 0 Å². The van der Waals surface area contributed by atoms with Crippen LogP contribution in [0, 0.1) is 23.4 Å². The van der Waals surface area contributed by atoms with E-state index in [0.29, 0.717) is 17.9 Å². The number of hydrogen-bond donors (Lipinski definition) is 2. The SMILES string of the molecule is CCC(C)CC(NN)c1cc(F)c(F)c(F)c1. The lowest BCUT2D eigenvalue weighted by molar-refractivity contribution is 0.398. The molecule has 1 rings (SSSR count). The second kappa shape index (κ2) is 6.02. The minimum absolute atomic E-state index is 0.323. The van der Waals surface area contributed by atoms with Crippen molar-refractivity contribution in [2.24, 2.45) is 11.8 Å². The van der Waals surface area contributed by atoms with E-state index in [1.807, 2.05) is 13.8 Å². The molecule has 0 heterocycles. The van der Waals surface area contributed by atoms with Crippen LogP contribution in [0.1, 0.15) is 38.3 Å². The van der Waals surface area contributed by atoms with Gasteiger partial charge in [0.15, 0.2) is 17.5 Å². The Kier molecular flexibility index (Phi) is 4.96. The van der Waals surface area contributed by atoms with Crippen LogP contribution in [0.4, 0.5) is 13.2 Å². The number of hydrogen-bond acceptors (Lipinski definition) is 2. The molecule has 0 saturated carbocycles. The highest BCUT2D eigenvalue weighted by molar-refractivity contribution is 5.22. The second-order valence-corrected chi connectivity index (χ2v) is 4.27. The quantitative estimate of drug-likeness (QED) is 0.476. The van der Waals surface area contributed by atoms with Crippen LogP contribution in [0.3, 0.4) is 0 Å². The molecule has 0 spiro atoms. The van der Waals surface area contributed by atoms with Crippen molar-refractivity contribution in [3.63, 3.8) is 0 Å². The molecule has 0 aliphatic heterocycles. The molecule has 96 valence electrons. The maximum Gasteiger partial charge on any atom is 0.194 e. The molecular formula is C12H17F3N2. The minimum atomic E-state index is -1.45. The summed E-state index contributed by atoms with van der Waals surface area (Å²) in [6.45, 7) is 4.03. The Bertz CT molecular complexity index is 359. The third kappa shape index (κ3) is 3.44. The molecule has 1 aromatic rings. The summed E-state index contributed by atoms with van der Waals surface area (Å²) in [4.78, 5) is 0. The first-order valence-electron chi connectivity index (χ1n) is 5.60. The standard InChI is InChI=1S/C12H17F3N2/c1-3-7(2)4-11(17-16)8-5-9(13)12(15)10(14)6-8/h5-7,11,17H,3-4,16H2,1-2H3. The van der Waals surface area contributed by atoms with Gasteiger partial charge >= 0.3 is 0 Å². The number of nitrogens with one attached hydrogen (secondary N) is 1. The Balaban J connectivity index is 2.96. The number of nitrogens with two attached hydrogens (primary N) is 1. The largest absolute Gasteiger partial charge is 0.271 e. The van der Waals surface area contributed by atoms with Gasteiger partial charge in [-0.05, 0) is 30.0 Å². The summed E-state index contributed by atoms with van der Waals surface area (Å²) in [5, 5.41) is 0. The fourth-order valence-electron chi connectivity index (χ4n) is 1.65. The Morgan fingerprint density at radius 2 is 1.76 bits per heavy atom. The summed E-state index contributed by atoms with van der Waals surface area (Å²) in [7, 11) is 0. The lowest BCUT2D eigenvalue weighted by Gasteiger charge is -2.20. The van der Waals surface area contributed by atoms with E-state index in [2.05, 4.69) is 5.43 Å². The molecule has 0 fully saturated rings. The average molecular weight is 246 g/mol. The molecule has 0 bridgehead atoms. The third-order valence-corrected chi connectivity index (χ3v) is 2.94. The summed E-state index contributed by atoms with van der Waals surface area (Å²) < 4.78 is 39.0. The van der Waals surface area contributed by atoms with E-state index >= 15 is 0 Å². The monoisotopic (exact) mass is 246 g/mol. The highest BCUT2D eigenvalue weighted by Crippen LogP contribution is 2.25. The Morgan fingerprint density at radius 1 is 1.24 bits per heavy atom. The lowest BCUT2D eigenvalue weighted by atomic mass is 9.94. The van der Waals surface area contributed by atoms with Crippen molar-refractivity contribution >= 4 is 0 Å². The summed E-state index contributed by atoms with van der Waals surface area (Å²) in [6, 6.07) is 1.57. The Morgan fingerprint density at radius 3 is 2.18 bits per heavy atom. The van der Waals surface area contributed by atoms with E-state index in [0.717, 1.165) is 18.6 Å². The molecule has 0 radical (unpaired) electrons.